The second kappa shape index (κ2) is 8.32. The third-order valence-electron chi connectivity index (χ3n) is 7.28. The zero-order valence-corrected chi connectivity index (χ0v) is 19.0. The number of hydrogen-bond donors (Lipinski definition) is 0. The van der Waals surface area contributed by atoms with Crippen molar-refractivity contribution in [1.82, 2.24) is 19.9 Å². The summed E-state index contributed by atoms with van der Waals surface area (Å²) in [5.74, 6) is -0.0161. The summed E-state index contributed by atoms with van der Waals surface area (Å²) in [6, 6.07) is -0.0601. The normalized spacial score (nSPS) is 29.7. The van der Waals surface area contributed by atoms with E-state index in [1.54, 1.807) is 0 Å². The summed E-state index contributed by atoms with van der Waals surface area (Å²) in [6.45, 7) is 3.73. The molecule has 8 nitrogen and oxygen atoms in total. The highest BCUT2D eigenvalue weighted by Gasteiger charge is 2.49. The molecule has 0 radical (unpaired) electrons. The van der Waals surface area contributed by atoms with Gasteiger partial charge < -0.3 is 19.1 Å². The lowest BCUT2D eigenvalue weighted by Gasteiger charge is -2.33. The van der Waals surface area contributed by atoms with E-state index in [1.807, 2.05) is 0 Å². The monoisotopic (exact) mass is 481 g/mol. The topological polar surface area (TPSA) is 72.8 Å². The van der Waals surface area contributed by atoms with E-state index in [1.165, 1.54) is 0 Å². The van der Waals surface area contributed by atoms with E-state index in [2.05, 4.69) is 19.8 Å². The van der Waals surface area contributed by atoms with Crippen LogP contribution < -0.4 is 14.4 Å². The van der Waals surface area contributed by atoms with E-state index in [0.29, 0.717) is 50.5 Å². The first kappa shape index (κ1) is 21.5. The Balaban J connectivity index is 1.41. The summed E-state index contributed by atoms with van der Waals surface area (Å²) in [7, 11) is 0. The summed E-state index contributed by atoms with van der Waals surface area (Å²) >= 11 is 6.07. The number of fused-ring (bicyclic) bond motifs is 3. The largest absolute Gasteiger partial charge is 0.475 e. The minimum absolute atomic E-state index is 0.0178. The molecular formula is C22H26ClF2N5O3. The number of pyridine rings is 1. The van der Waals surface area contributed by atoms with Crippen LogP contribution in [0.2, 0.25) is 5.15 Å². The predicted octanol–water partition coefficient (Wildman–Crippen LogP) is 3.15. The van der Waals surface area contributed by atoms with Gasteiger partial charge in [0, 0.05) is 26.1 Å². The molecule has 4 aliphatic heterocycles. The molecule has 3 atom stereocenters. The van der Waals surface area contributed by atoms with Gasteiger partial charge in [-0.05, 0) is 32.2 Å². The summed E-state index contributed by atoms with van der Waals surface area (Å²) in [5.41, 5.74) is -0.338. The number of nitrogens with zero attached hydrogens (tertiary/aromatic N) is 5. The summed E-state index contributed by atoms with van der Waals surface area (Å²) in [6.07, 6.45) is 3.26. The maximum atomic E-state index is 15.1. The van der Waals surface area contributed by atoms with Crippen LogP contribution in [0.25, 0.3) is 10.9 Å². The van der Waals surface area contributed by atoms with E-state index in [0.717, 1.165) is 32.2 Å². The molecule has 3 fully saturated rings. The van der Waals surface area contributed by atoms with Crippen molar-refractivity contribution < 1.29 is 23.0 Å². The van der Waals surface area contributed by atoms with Crippen LogP contribution in [0.15, 0.2) is 0 Å². The molecule has 0 aromatic carbocycles. The molecule has 3 saturated heterocycles. The molecule has 0 unspecified atom stereocenters. The maximum Gasteiger partial charge on any atom is 0.319 e. The summed E-state index contributed by atoms with van der Waals surface area (Å²) in [5, 5.41) is 0.0768. The smallest absolute Gasteiger partial charge is 0.319 e. The minimum Gasteiger partial charge on any atom is -0.475 e. The van der Waals surface area contributed by atoms with Crippen LogP contribution >= 0.6 is 11.6 Å². The number of aromatic nitrogens is 3. The molecule has 6 heterocycles. The molecule has 6 rings (SSSR count). The molecular weight excluding hydrogens is 456 g/mol. The highest BCUT2D eigenvalue weighted by molar-refractivity contribution is 6.30. The molecule has 33 heavy (non-hydrogen) atoms. The van der Waals surface area contributed by atoms with Gasteiger partial charge in [-0.2, -0.15) is 15.0 Å². The fraction of sp³-hybridized carbons (Fsp3) is 0.682. The van der Waals surface area contributed by atoms with Crippen molar-refractivity contribution in [3.63, 3.8) is 0 Å². The molecule has 0 spiro atoms. The van der Waals surface area contributed by atoms with Crippen LogP contribution in [-0.2, 0) is 4.74 Å². The molecule has 4 aliphatic rings. The number of anilines is 1. The van der Waals surface area contributed by atoms with E-state index < -0.39 is 12.0 Å². The molecule has 2 aromatic heterocycles. The molecule has 0 aliphatic carbocycles. The van der Waals surface area contributed by atoms with Gasteiger partial charge in [0.25, 0.3) is 0 Å². The zero-order valence-electron chi connectivity index (χ0n) is 18.2. The van der Waals surface area contributed by atoms with Gasteiger partial charge in [-0.1, -0.05) is 11.6 Å². The fourth-order valence-corrected chi connectivity index (χ4v) is 5.84. The van der Waals surface area contributed by atoms with Crippen LogP contribution in [0.4, 0.5) is 14.6 Å². The summed E-state index contributed by atoms with van der Waals surface area (Å²) < 4.78 is 47.0. The van der Waals surface area contributed by atoms with Gasteiger partial charge in [0.1, 0.15) is 36.1 Å². The Bertz CT molecular complexity index is 1080. The zero-order chi connectivity index (χ0) is 22.6. The number of ether oxygens (including phenoxy) is 3. The van der Waals surface area contributed by atoms with E-state index in [4.69, 9.17) is 30.8 Å². The average molecular weight is 482 g/mol. The van der Waals surface area contributed by atoms with Crippen LogP contribution in [0, 0.1) is 5.82 Å². The summed E-state index contributed by atoms with van der Waals surface area (Å²) in [4.78, 5) is 17.4. The van der Waals surface area contributed by atoms with Crippen LogP contribution in [-0.4, -0.2) is 83.7 Å². The Morgan fingerprint density at radius 3 is 2.97 bits per heavy atom. The minimum atomic E-state index is -0.861. The first-order valence-electron chi connectivity index (χ1n) is 11.6. The van der Waals surface area contributed by atoms with Crippen molar-refractivity contribution >= 4 is 28.3 Å². The van der Waals surface area contributed by atoms with Crippen molar-refractivity contribution in [2.75, 3.05) is 51.0 Å². The van der Waals surface area contributed by atoms with Crippen molar-refractivity contribution in [2.45, 2.75) is 49.9 Å². The Morgan fingerprint density at radius 2 is 2.06 bits per heavy atom. The fourth-order valence-electron chi connectivity index (χ4n) is 5.67. The second-order valence-corrected chi connectivity index (χ2v) is 9.74. The third-order valence-corrected chi connectivity index (χ3v) is 7.53. The van der Waals surface area contributed by atoms with Gasteiger partial charge in [-0.15, -0.1) is 0 Å². The van der Waals surface area contributed by atoms with E-state index in [9.17, 15) is 4.39 Å². The molecule has 178 valence electrons. The van der Waals surface area contributed by atoms with Crippen molar-refractivity contribution in [3.05, 3.63) is 11.0 Å². The third kappa shape index (κ3) is 3.66. The Morgan fingerprint density at radius 1 is 1.15 bits per heavy atom. The number of rotatable bonds is 3. The van der Waals surface area contributed by atoms with Gasteiger partial charge in [0.2, 0.25) is 5.88 Å². The standard InChI is InChI=1S/C22H26ClF2N5O3/c23-18-16(25)17-15-19(30-6-1-2-7-31-10-14(30)11-32-20(15)27-18)28-21(26-17)33-12-22-4-3-5-29(22)9-13(24)8-22/h13-14H,1-12H2/t13-,14-,22+/m1/s1. The maximum absolute atomic E-state index is 15.1. The lowest BCUT2D eigenvalue weighted by Crippen LogP contribution is -2.45. The Hall–Kier alpha value is -2.04. The highest BCUT2D eigenvalue weighted by Crippen LogP contribution is 2.42. The number of alkyl halides is 1. The van der Waals surface area contributed by atoms with Crippen molar-refractivity contribution in [3.8, 4) is 11.9 Å². The van der Waals surface area contributed by atoms with Gasteiger partial charge >= 0.3 is 6.01 Å². The quantitative estimate of drug-likeness (QED) is 0.619. The van der Waals surface area contributed by atoms with Crippen LogP contribution in [0.3, 0.4) is 0 Å². The average Bonchev–Trinajstić information content (AvgIpc) is 3.25. The first-order chi connectivity index (χ1) is 16.0. The van der Waals surface area contributed by atoms with Gasteiger partial charge in [0.05, 0.1) is 18.2 Å². The second-order valence-electron chi connectivity index (χ2n) is 9.38. The Labute approximate surface area is 195 Å². The molecule has 0 saturated carbocycles. The van der Waals surface area contributed by atoms with Crippen LogP contribution in [0.5, 0.6) is 11.9 Å². The van der Waals surface area contributed by atoms with Gasteiger partial charge in [-0.3, -0.25) is 4.90 Å². The predicted molar refractivity (Wildman–Crippen MR) is 118 cm³/mol. The van der Waals surface area contributed by atoms with E-state index in [-0.39, 0.29) is 40.7 Å². The molecule has 2 aromatic rings. The lowest BCUT2D eigenvalue weighted by atomic mass is 9.95. The number of halogens is 3. The molecule has 0 N–H and O–H groups in total. The number of hydrogen-bond acceptors (Lipinski definition) is 8. The highest BCUT2D eigenvalue weighted by atomic mass is 35.5. The molecule has 11 heteroatoms. The SMILES string of the molecule is Fc1c(Cl)nc2c3c(nc(OC[C@@]45CCCN4C[C@H](F)C5)nc13)N1CCCCOC[C@@H]1CO2. The molecule has 0 amide bonds. The van der Waals surface area contributed by atoms with Crippen molar-refractivity contribution in [2.24, 2.45) is 0 Å². The lowest BCUT2D eigenvalue weighted by molar-refractivity contribution is 0.0911. The van der Waals surface area contributed by atoms with Crippen molar-refractivity contribution in [1.29, 1.82) is 0 Å². The van der Waals surface area contributed by atoms with Gasteiger partial charge in [0.15, 0.2) is 11.0 Å². The van der Waals surface area contributed by atoms with Gasteiger partial charge in [-0.25, -0.2) is 8.78 Å². The van der Waals surface area contributed by atoms with Crippen LogP contribution in [0.1, 0.15) is 32.1 Å². The molecule has 0 bridgehead atoms. The first-order valence-corrected chi connectivity index (χ1v) is 12.0. The van der Waals surface area contributed by atoms with E-state index >= 15 is 4.39 Å². The Kier molecular flexibility index (Phi) is 5.42.